The van der Waals surface area contributed by atoms with Gasteiger partial charge in [-0.15, -0.1) is 0 Å². The highest BCUT2D eigenvalue weighted by molar-refractivity contribution is 7.98. The smallest absolute Gasteiger partial charge is 0.293 e. The summed E-state index contributed by atoms with van der Waals surface area (Å²) in [5.74, 6) is -0.185. The number of amides is 1. The molecule has 2 aliphatic heterocycles. The lowest BCUT2D eigenvalue weighted by atomic mass is 9.72. The van der Waals surface area contributed by atoms with Gasteiger partial charge in [-0.2, -0.15) is 0 Å². The van der Waals surface area contributed by atoms with Crippen molar-refractivity contribution in [2.45, 2.75) is 89.6 Å². The molecule has 1 saturated carbocycles. The van der Waals surface area contributed by atoms with Gasteiger partial charge in [0.25, 0.3) is 11.6 Å². The van der Waals surface area contributed by atoms with Crippen molar-refractivity contribution in [3.8, 4) is 11.5 Å². The maximum absolute atomic E-state index is 15.2. The number of nitrogens with one attached hydrogen (secondary N) is 3. The van der Waals surface area contributed by atoms with Crippen molar-refractivity contribution in [2.75, 3.05) is 62.7 Å². The van der Waals surface area contributed by atoms with Crippen molar-refractivity contribution in [1.29, 1.82) is 0 Å². The van der Waals surface area contributed by atoms with Crippen LogP contribution in [0.5, 0.6) is 11.5 Å². The van der Waals surface area contributed by atoms with Crippen molar-refractivity contribution < 1.29 is 32.4 Å². The molecule has 2 aromatic heterocycles. The number of ether oxygens (including phenoxy) is 2. The molecule has 12 nitrogen and oxygen atoms in total. The Bertz CT molecular complexity index is 2240. The number of fused-ring (bicyclic) bond motifs is 1. The first kappa shape index (κ1) is 45.2. The fraction of sp³-hybridized carbons (Fsp3) is 0.522. The maximum atomic E-state index is 15.2. The minimum atomic E-state index is -2.26. The molecule has 16 heteroatoms. The van der Waals surface area contributed by atoms with Crippen molar-refractivity contribution in [3.05, 3.63) is 87.7 Å². The van der Waals surface area contributed by atoms with E-state index in [1.54, 1.807) is 24.5 Å². The molecule has 2 aliphatic carbocycles. The number of anilines is 2. The van der Waals surface area contributed by atoms with Gasteiger partial charge in [0, 0.05) is 106 Å². The highest BCUT2D eigenvalue weighted by atomic mass is 32.2. The third kappa shape index (κ3) is 11.2. The Morgan fingerprint density at radius 2 is 1.84 bits per heavy atom. The number of nitrogens with zero attached hydrogens (tertiary/aromatic N) is 4. The van der Waals surface area contributed by atoms with E-state index in [1.807, 2.05) is 24.3 Å². The average Bonchev–Trinajstić information content (AvgIpc) is 3.93. The molecular weight excluding hydrogens is 820 g/mol. The number of carbonyl (C=O) groups is 1. The average molecular weight is 878 g/mol. The van der Waals surface area contributed by atoms with E-state index in [4.69, 9.17) is 9.47 Å². The number of aromatic amines is 1. The van der Waals surface area contributed by atoms with Crippen LogP contribution in [0, 0.1) is 27.4 Å². The summed E-state index contributed by atoms with van der Waals surface area (Å²) in [6.07, 6.45) is 6.29. The SMILES string of the molecule is CC1(C)CCC(CN2CCN(c3ccc(C(=O)NSc4ccc(NCC5(F)CCOCC5)c([N+](=O)[O-])c4)c(Oc4cnc5[nH]ccc5c4)c3)CC2)=C(C2CC2C(F)F)C1.CCC. The van der Waals surface area contributed by atoms with E-state index < -0.39 is 28.8 Å². The molecule has 3 fully saturated rings. The van der Waals surface area contributed by atoms with E-state index >= 15 is 4.39 Å². The monoisotopic (exact) mass is 877 g/mol. The quantitative estimate of drug-likeness (QED) is 0.0486. The number of nitro benzene ring substituents is 1. The first-order valence-corrected chi connectivity index (χ1v) is 22.5. The van der Waals surface area contributed by atoms with Crippen molar-refractivity contribution >= 4 is 46.0 Å². The molecular formula is C46H58F3N7O5S. The number of hydrogen-bond donors (Lipinski definition) is 3. The number of halogens is 3. The van der Waals surface area contributed by atoms with Gasteiger partial charge in [-0.1, -0.05) is 45.3 Å². The lowest BCUT2D eigenvalue weighted by Crippen LogP contribution is -2.47. The molecule has 2 saturated heterocycles. The summed E-state index contributed by atoms with van der Waals surface area (Å²) in [7, 11) is 0. The van der Waals surface area contributed by atoms with E-state index in [2.05, 4.69) is 57.5 Å². The summed E-state index contributed by atoms with van der Waals surface area (Å²) in [6, 6.07) is 13.7. The second kappa shape index (κ2) is 19.7. The summed E-state index contributed by atoms with van der Waals surface area (Å²) in [5.41, 5.74) is 3.04. The zero-order chi connectivity index (χ0) is 44.0. The second-order valence-electron chi connectivity index (χ2n) is 17.7. The summed E-state index contributed by atoms with van der Waals surface area (Å²) in [4.78, 5) is 37.9. The Kier molecular flexibility index (Phi) is 14.4. The molecule has 4 heterocycles. The highest BCUT2D eigenvalue weighted by Gasteiger charge is 2.48. The molecule has 2 aromatic carbocycles. The molecule has 2 atom stereocenters. The molecule has 0 spiro atoms. The van der Waals surface area contributed by atoms with E-state index in [-0.39, 0.29) is 47.7 Å². The Morgan fingerprint density at radius 3 is 2.55 bits per heavy atom. The van der Waals surface area contributed by atoms with E-state index in [0.29, 0.717) is 41.7 Å². The fourth-order valence-electron chi connectivity index (χ4n) is 8.57. The maximum Gasteiger partial charge on any atom is 0.293 e. The number of H-pyrrole nitrogens is 1. The van der Waals surface area contributed by atoms with Crippen LogP contribution in [0.4, 0.5) is 30.2 Å². The fourth-order valence-corrected chi connectivity index (χ4v) is 9.19. The standard InChI is InChI=1S/C43H50F3N7O5S.C3H8/c1-42(2)9-7-28(35(23-42)33-22-34(33)39(44)45)25-51-13-15-52(16-14-51)29-3-5-32(38(20-29)58-30-19-27-8-12-47-40(27)48-24-30)41(54)50-59-31-4-6-36(37(21-31)53(55)56)49-26-43(46)10-17-57-18-11-43;1-3-2/h3-6,8,12,19-21,24,33-34,39,49H,7,9-11,13-18,22-23,25-26H2,1-2H3,(H,47,48)(H,50,54);3H2,1-2H3. The van der Waals surface area contributed by atoms with Gasteiger partial charge in [0.2, 0.25) is 6.43 Å². The van der Waals surface area contributed by atoms with Crippen LogP contribution in [0.2, 0.25) is 0 Å². The Morgan fingerprint density at radius 1 is 1.08 bits per heavy atom. The third-order valence-corrected chi connectivity index (χ3v) is 13.0. The number of nitro groups is 1. The largest absolute Gasteiger partial charge is 0.455 e. The van der Waals surface area contributed by atoms with Crippen molar-refractivity contribution in [1.82, 2.24) is 19.6 Å². The number of pyridine rings is 1. The molecule has 3 N–H and O–H groups in total. The Hall–Kier alpha value is -4.80. The first-order valence-electron chi connectivity index (χ1n) is 21.7. The van der Waals surface area contributed by atoms with Crippen LogP contribution in [0.25, 0.3) is 11.0 Å². The second-order valence-corrected chi connectivity index (χ2v) is 18.6. The predicted molar refractivity (Wildman–Crippen MR) is 238 cm³/mol. The number of aromatic nitrogens is 2. The summed E-state index contributed by atoms with van der Waals surface area (Å²) in [6.45, 7) is 13.1. The minimum absolute atomic E-state index is 0.0201. The van der Waals surface area contributed by atoms with Gasteiger partial charge in [-0.25, -0.2) is 18.2 Å². The van der Waals surface area contributed by atoms with Gasteiger partial charge in [-0.05, 0) is 85.4 Å². The lowest BCUT2D eigenvalue weighted by Gasteiger charge is -2.39. The molecule has 0 radical (unpaired) electrons. The van der Waals surface area contributed by atoms with Crippen LogP contribution >= 0.6 is 11.9 Å². The van der Waals surface area contributed by atoms with Crippen LogP contribution in [-0.4, -0.2) is 90.3 Å². The number of benzene rings is 2. The predicted octanol–water partition coefficient (Wildman–Crippen LogP) is 10.6. The van der Waals surface area contributed by atoms with Gasteiger partial charge < -0.3 is 24.7 Å². The number of piperazine rings is 1. The molecule has 8 rings (SSSR count). The van der Waals surface area contributed by atoms with E-state index in [1.165, 1.54) is 29.7 Å². The highest BCUT2D eigenvalue weighted by Crippen LogP contribution is 2.54. The summed E-state index contributed by atoms with van der Waals surface area (Å²) < 4.78 is 56.8. The van der Waals surface area contributed by atoms with Crippen LogP contribution < -0.4 is 19.7 Å². The molecule has 0 bridgehead atoms. The van der Waals surface area contributed by atoms with Crippen LogP contribution in [0.15, 0.2) is 77.0 Å². The van der Waals surface area contributed by atoms with Crippen LogP contribution in [0.1, 0.15) is 83.0 Å². The number of alkyl halides is 3. The Labute approximate surface area is 365 Å². The van der Waals surface area contributed by atoms with Crippen LogP contribution in [-0.2, 0) is 4.74 Å². The van der Waals surface area contributed by atoms with Gasteiger partial charge in [0.1, 0.15) is 28.5 Å². The normalized spacial score (nSPS) is 21.0. The number of hydrogen-bond acceptors (Lipinski definition) is 10. The zero-order valence-corrected chi connectivity index (χ0v) is 36.8. The van der Waals surface area contributed by atoms with Gasteiger partial charge in [0.15, 0.2) is 0 Å². The van der Waals surface area contributed by atoms with Crippen molar-refractivity contribution in [2.24, 2.45) is 17.3 Å². The molecule has 4 aromatic rings. The van der Waals surface area contributed by atoms with Crippen molar-refractivity contribution in [3.63, 3.8) is 0 Å². The third-order valence-electron chi connectivity index (χ3n) is 12.2. The van der Waals surface area contributed by atoms with Gasteiger partial charge >= 0.3 is 0 Å². The molecule has 4 aliphatic rings. The molecule has 1 amide bonds. The summed E-state index contributed by atoms with van der Waals surface area (Å²) >= 11 is 0.929. The number of allylic oxidation sites excluding steroid dienone is 1. The number of rotatable bonds is 14. The van der Waals surface area contributed by atoms with E-state index in [9.17, 15) is 23.7 Å². The van der Waals surface area contributed by atoms with E-state index in [0.717, 1.165) is 75.0 Å². The minimum Gasteiger partial charge on any atom is -0.455 e. The Balaban J connectivity index is 0.00000187. The van der Waals surface area contributed by atoms with Gasteiger partial charge in [0.05, 0.1) is 16.7 Å². The molecule has 2 unspecified atom stereocenters. The first-order chi connectivity index (χ1) is 29.7. The summed E-state index contributed by atoms with van der Waals surface area (Å²) in [5, 5.41) is 15.8. The molecule has 62 heavy (non-hydrogen) atoms. The lowest BCUT2D eigenvalue weighted by molar-refractivity contribution is -0.384. The molecule has 334 valence electrons. The zero-order valence-electron chi connectivity index (χ0n) is 36.0. The van der Waals surface area contributed by atoms with Crippen LogP contribution in [0.3, 0.4) is 0 Å². The topological polar surface area (TPSA) is 138 Å². The number of carbonyl (C=O) groups excluding carboxylic acids is 1. The van der Waals surface area contributed by atoms with Gasteiger partial charge in [-0.3, -0.25) is 24.5 Å².